The van der Waals surface area contributed by atoms with Crippen LogP contribution in [-0.2, 0) is 6.42 Å². The first-order chi connectivity index (χ1) is 9.20. The maximum atomic E-state index is 13.1. The molecule has 0 spiro atoms. The average molecular weight is 326 g/mol. The van der Waals surface area contributed by atoms with E-state index in [2.05, 4.69) is 28.2 Å². The zero-order valence-corrected chi connectivity index (χ0v) is 12.4. The van der Waals surface area contributed by atoms with Gasteiger partial charge in [0.2, 0.25) is 0 Å². The number of benzene rings is 1. The summed E-state index contributed by atoms with van der Waals surface area (Å²) in [6, 6.07) is 8.74. The summed E-state index contributed by atoms with van der Waals surface area (Å²) in [6.07, 6.45) is 3.49. The van der Waals surface area contributed by atoms with Crippen LogP contribution < -0.4 is 5.32 Å². The van der Waals surface area contributed by atoms with E-state index in [-0.39, 0.29) is 11.9 Å². The van der Waals surface area contributed by atoms with E-state index < -0.39 is 0 Å². The summed E-state index contributed by atoms with van der Waals surface area (Å²) >= 11 is 3.41. The van der Waals surface area contributed by atoms with Crippen molar-refractivity contribution < 1.29 is 8.81 Å². The van der Waals surface area contributed by atoms with Gasteiger partial charge in [0.25, 0.3) is 0 Å². The van der Waals surface area contributed by atoms with Crippen LogP contribution in [0.15, 0.2) is 45.5 Å². The third kappa shape index (κ3) is 3.91. The van der Waals surface area contributed by atoms with E-state index in [1.807, 2.05) is 18.2 Å². The average Bonchev–Trinajstić information content (AvgIpc) is 2.90. The van der Waals surface area contributed by atoms with Gasteiger partial charge < -0.3 is 9.73 Å². The van der Waals surface area contributed by atoms with Gasteiger partial charge in [0.1, 0.15) is 11.6 Å². The van der Waals surface area contributed by atoms with Crippen molar-refractivity contribution in [2.24, 2.45) is 0 Å². The third-order valence-electron chi connectivity index (χ3n) is 2.97. The molecule has 2 nitrogen and oxygen atoms in total. The lowest BCUT2D eigenvalue weighted by Gasteiger charge is -2.17. The van der Waals surface area contributed by atoms with E-state index >= 15 is 0 Å². The molecule has 0 saturated carbocycles. The third-order valence-corrected chi connectivity index (χ3v) is 3.70. The number of hydrogen-bond acceptors (Lipinski definition) is 2. The SMILES string of the molecule is CCCNC(Cc1ccc(F)cc1Br)c1ccco1. The quantitative estimate of drug-likeness (QED) is 0.847. The van der Waals surface area contributed by atoms with Gasteiger partial charge in [0.05, 0.1) is 12.3 Å². The van der Waals surface area contributed by atoms with Gasteiger partial charge in [0.15, 0.2) is 0 Å². The lowest BCUT2D eigenvalue weighted by atomic mass is 10.0. The molecule has 0 amide bonds. The van der Waals surface area contributed by atoms with Gasteiger partial charge in [-0.3, -0.25) is 0 Å². The number of hydrogen-bond donors (Lipinski definition) is 1. The molecule has 0 aliphatic rings. The number of furan rings is 1. The molecule has 1 atom stereocenters. The molecule has 2 aromatic rings. The lowest BCUT2D eigenvalue weighted by molar-refractivity contribution is 0.410. The Morgan fingerprint density at radius 3 is 2.84 bits per heavy atom. The van der Waals surface area contributed by atoms with Gasteiger partial charge in [-0.2, -0.15) is 0 Å². The fraction of sp³-hybridized carbons (Fsp3) is 0.333. The normalized spacial score (nSPS) is 12.6. The van der Waals surface area contributed by atoms with Gasteiger partial charge in [0, 0.05) is 4.47 Å². The van der Waals surface area contributed by atoms with Crippen molar-refractivity contribution in [3.63, 3.8) is 0 Å². The van der Waals surface area contributed by atoms with Gasteiger partial charge in [-0.25, -0.2) is 4.39 Å². The molecule has 19 heavy (non-hydrogen) atoms. The Hall–Kier alpha value is -1.13. The number of nitrogens with one attached hydrogen (secondary N) is 1. The summed E-state index contributed by atoms with van der Waals surface area (Å²) in [5.41, 5.74) is 1.06. The van der Waals surface area contributed by atoms with E-state index in [1.54, 1.807) is 6.26 Å². The van der Waals surface area contributed by atoms with Crippen LogP contribution in [0.4, 0.5) is 4.39 Å². The second kappa shape index (κ2) is 6.87. The highest BCUT2D eigenvalue weighted by Gasteiger charge is 2.15. The second-order valence-electron chi connectivity index (χ2n) is 4.46. The fourth-order valence-corrected chi connectivity index (χ4v) is 2.50. The van der Waals surface area contributed by atoms with Crippen LogP contribution in [0.5, 0.6) is 0 Å². The summed E-state index contributed by atoms with van der Waals surface area (Å²) in [5, 5.41) is 3.45. The van der Waals surface area contributed by atoms with Crippen molar-refractivity contribution >= 4 is 15.9 Å². The van der Waals surface area contributed by atoms with E-state index in [9.17, 15) is 4.39 Å². The van der Waals surface area contributed by atoms with Gasteiger partial charge in [-0.15, -0.1) is 0 Å². The summed E-state index contributed by atoms with van der Waals surface area (Å²) in [7, 11) is 0. The zero-order valence-electron chi connectivity index (χ0n) is 10.8. The summed E-state index contributed by atoms with van der Waals surface area (Å²) < 4.78 is 19.4. The van der Waals surface area contributed by atoms with Gasteiger partial charge in [-0.05, 0) is 49.2 Å². The minimum absolute atomic E-state index is 0.108. The molecule has 0 radical (unpaired) electrons. The van der Waals surface area contributed by atoms with Crippen LogP contribution in [-0.4, -0.2) is 6.54 Å². The van der Waals surface area contributed by atoms with Crippen molar-refractivity contribution in [2.45, 2.75) is 25.8 Å². The summed E-state index contributed by atoms with van der Waals surface area (Å²) in [5.74, 6) is 0.677. The molecule has 1 heterocycles. The van der Waals surface area contributed by atoms with Crippen molar-refractivity contribution in [1.82, 2.24) is 5.32 Å². The summed E-state index contributed by atoms with van der Waals surface area (Å²) in [6.45, 7) is 3.05. The van der Waals surface area contributed by atoms with Crippen LogP contribution in [0.3, 0.4) is 0 Å². The van der Waals surface area contributed by atoms with Crippen molar-refractivity contribution in [3.05, 3.63) is 58.2 Å². The maximum Gasteiger partial charge on any atom is 0.124 e. The predicted octanol–water partition coefficient (Wildman–Crippen LogP) is 4.46. The highest BCUT2D eigenvalue weighted by molar-refractivity contribution is 9.10. The van der Waals surface area contributed by atoms with E-state index in [4.69, 9.17) is 4.42 Å². The Morgan fingerprint density at radius 1 is 1.37 bits per heavy atom. The van der Waals surface area contributed by atoms with Gasteiger partial charge >= 0.3 is 0 Å². The topological polar surface area (TPSA) is 25.2 Å². The van der Waals surface area contributed by atoms with Gasteiger partial charge in [-0.1, -0.05) is 28.9 Å². The Balaban J connectivity index is 2.15. The van der Waals surface area contributed by atoms with E-state index in [0.29, 0.717) is 0 Å². The Kier molecular flexibility index (Phi) is 5.16. The fourth-order valence-electron chi connectivity index (χ4n) is 1.99. The molecule has 1 aromatic carbocycles. The van der Waals surface area contributed by atoms with Crippen LogP contribution in [0.2, 0.25) is 0 Å². The first kappa shape index (κ1) is 14.3. The molecule has 102 valence electrons. The smallest absolute Gasteiger partial charge is 0.124 e. The number of rotatable bonds is 6. The molecule has 4 heteroatoms. The highest BCUT2D eigenvalue weighted by atomic mass is 79.9. The standard InChI is InChI=1S/C15H17BrFNO/c1-2-7-18-14(15-4-3-8-19-15)9-11-5-6-12(17)10-13(11)16/h3-6,8,10,14,18H,2,7,9H2,1H3. The molecule has 0 aliphatic carbocycles. The molecule has 1 unspecified atom stereocenters. The Bertz CT molecular complexity index is 513. The summed E-state index contributed by atoms with van der Waals surface area (Å²) in [4.78, 5) is 0. The van der Waals surface area contributed by atoms with Crippen molar-refractivity contribution in [2.75, 3.05) is 6.54 Å². The molecular weight excluding hydrogens is 309 g/mol. The van der Waals surface area contributed by atoms with E-state index in [1.165, 1.54) is 12.1 Å². The molecule has 0 bridgehead atoms. The second-order valence-corrected chi connectivity index (χ2v) is 5.32. The van der Waals surface area contributed by atoms with Crippen LogP contribution in [0.1, 0.15) is 30.7 Å². The first-order valence-corrected chi connectivity index (χ1v) is 7.20. The van der Waals surface area contributed by atoms with Crippen LogP contribution in [0.25, 0.3) is 0 Å². The Morgan fingerprint density at radius 2 is 2.21 bits per heavy atom. The zero-order chi connectivity index (χ0) is 13.7. The van der Waals surface area contributed by atoms with E-state index in [0.717, 1.165) is 35.2 Å². The highest BCUT2D eigenvalue weighted by Crippen LogP contribution is 2.25. The Labute approximate surface area is 121 Å². The van der Waals surface area contributed by atoms with Crippen molar-refractivity contribution in [1.29, 1.82) is 0 Å². The molecule has 1 aromatic heterocycles. The molecule has 0 aliphatic heterocycles. The van der Waals surface area contributed by atoms with Crippen LogP contribution >= 0.6 is 15.9 Å². The van der Waals surface area contributed by atoms with Crippen LogP contribution in [0, 0.1) is 5.82 Å². The predicted molar refractivity (Wildman–Crippen MR) is 77.5 cm³/mol. The minimum atomic E-state index is -0.230. The molecule has 0 saturated heterocycles. The minimum Gasteiger partial charge on any atom is -0.468 e. The molecular formula is C15H17BrFNO. The van der Waals surface area contributed by atoms with Crippen molar-refractivity contribution in [3.8, 4) is 0 Å². The maximum absolute atomic E-state index is 13.1. The molecule has 2 rings (SSSR count). The largest absolute Gasteiger partial charge is 0.468 e. The lowest BCUT2D eigenvalue weighted by Crippen LogP contribution is -2.23. The molecule has 0 fully saturated rings. The monoisotopic (exact) mass is 325 g/mol. The number of halogens is 2. The molecule has 1 N–H and O–H groups in total. The first-order valence-electron chi connectivity index (χ1n) is 6.41.